The monoisotopic (exact) mass is 231 g/mol. The van der Waals surface area contributed by atoms with E-state index < -0.39 is 17.8 Å². The minimum Gasteiger partial charge on any atom is -0.392 e. The minimum absolute atomic E-state index is 0.0670. The summed E-state index contributed by atoms with van der Waals surface area (Å²) in [5.41, 5.74) is 0.0670. The molecule has 82 valence electrons. The molecule has 0 radical (unpaired) electrons. The molecule has 0 fully saturated rings. The fraction of sp³-hybridized carbons (Fsp3) is 0.300. The molecule has 0 aliphatic heterocycles. The van der Waals surface area contributed by atoms with E-state index >= 15 is 0 Å². The number of carbonyl (C=O) groups is 1. The first kappa shape index (κ1) is 11.9. The van der Waals surface area contributed by atoms with Crippen molar-refractivity contribution in [3.63, 3.8) is 0 Å². The van der Waals surface area contributed by atoms with Gasteiger partial charge in [0.25, 0.3) is 5.91 Å². The highest BCUT2D eigenvalue weighted by molar-refractivity contribution is 6.34. The van der Waals surface area contributed by atoms with Gasteiger partial charge in [-0.25, -0.2) is 4.39 Å². The Morgan fingerprint density at radius 3 is 2.93 bits per heavy atom. The minimum atomic E-state index is -0.652. The van der Waals surface area contributed by atoms with Crippen molar-refractivity contribution in [3.8, 4) is 0 Å². The highest BCUT2D eigenvalue weighted by Gasteiger charge is 2.13. The van der Waals surface area contributed by atoms with Crippen LogP contribution in [0.25, 0.3) is 0 Å². The first-order valence-electron chi connectivity index (χ1n) is 4.42. The number of carbonyl (C=O) groups excluding carboxylic acids is 1. The summed E-state index contributed by atoms with van der Waals surface area (Å²) >= 11 is 5.61. The SMILES string of the molecule is C[C@H](O)CNC(=O)c1cccc(F)c1Cl. The zero-order chi connectivity index (χ0) is 11.4. The fourth-order valence-corrected chi connectivity index (χ4v) is 1.23. The third-order valence-electron chi connectivity index (χ3n) is 1.75. The zero-order valence-corrected chi connectivity index (χ0v) is 8.88. The van der Waals surface area contributed by atoms with Crippen LogP contribution in [0.5, 0.6) is 0 Å². The summed E-state index contributed by atoms with van der Waals surface area (Å²) in [6, 6.07) is 4.00. The van der Waals surface area contributed by atoms with Crippen molar-refractivity contribution in [1.82, 2.24) is 5.32 Å². The van der Waals surface area contributed by atoms with Gasteiger partial charge in [-0.1, -0.05) is 17.7 Å². The lowest BCUT2D eigenvalue weighted by molar-refractivity contribution is 0.0924. The fourth-order valence-electron chi connectivity index (χ4n) is 1.01. The molecule has 15 heavy (non-hydrogen) atoms. The summed E-state index contributed by atoms with van der Waals surface area (Å²) < 4.78 is 13.0. The van der Waals surface area contributed by atoms with Crippen molar-refractivity contribution in [2.24, 2.45) is 0 Å². The standard InChI is InChI=1S/C10H11ClFNO2/c1-6(14)5-13-10(15)7-3-2-4-8(12)9(7)11/h2-4,6,14H,5H2,1H3,(H,13,15)/t6-/m0/s1. The lowest BCUT2D eigenvalue weighted by Gasteiger charge is -2.08. The van der Waals surface area contributed by atoms with Crippen LogP contribution in [0.4, 0.5) is 4.39 Å². The van der Waals surface area contributed by atoms with E-state index in [9.17, 15) is 9.18 Å². The Kier molecular flexibility index (Phi) is 4.05. The van der Waals surface area contributed by atoms with Gasteiger partial charge in [0, 0.05) is 6.54 Å². The summed E-state index contributed by atoms with van der Waals surface area (Å²) in [7, 11) is 0. The molecule has 1 atom stereocenters. The van der Waals surface area contributed by atoms with Gasteiger partial charge in [-0.2, -0.15) is 0 Å². The molecule has 0 saturated heterocycles. The van der Waals surface area contributed by atoms with Crippen molar-refractivity contribution < 1.29 is 14.3 Å². The van der Waals surface area contributed by atoms with Crippen LogP contribution in [0, 0.1) is 5.82 Å². The van der Waals surface area contributed by atoms with Gasteiger partial charge >= 0.3 is 0 Å². The van der Waals surface area contributed by atoms with Gasteiger partial charge in [-0.15, -0.1) is 0 Å². The number of hydrogen-bond donors (Lipinski definition) is 2. The predicted octanol–water partition coefficient (Wildman–Crippen LogP) is 1.59. The Bertz CT molecular complexity index is 368. The van der Waals surface area contributed by atoms with Crippen LogP contribution in [-0.2, 0) is 0 Å². The van der Waals surface area contributed by atoms with Crippen molar-refractivity contribution in [3.05, 3.63) is 34.6 Å². The summed E-state index contributed by atoms with van der Waals surface area (Å²) in [5, 5.41) is 11.2. The Labute approximate surface area is 91.9 Å². The van der Waals surface area contributed by atoms with Gasteiger partial charge in [0.05, 0.1) is 16.7 Å². The second-order valence-corrected chi connectivity index (χ2v) is 3.54. The molecule has 1 rings (SSSR count). The van der Waals surface area contributed by atoms with Crippen LogP contribution < -0.4 is 5.32 Å². The number of benzene rings is 1. The van der Waals surface area contributed by atoms with Crippen LogP contribution in [0.2, 0.25) is 5.02 Å². The van der Waals surface area contributed by atoms with E-state index in [2.05, 4.69) is 5.32 Å². The molecule has 5 heteroatoms. The topological polar surface area (TPSA) is 49.3 Å². The third-order valence-corrected chi connectivity index (χ3v) is 2.14. The molecular weight excluding hydrogens is 221 g/mol. The highest BCUT2D eigenvalue weighted by atomic mass is 35.5. The summed E-state index contributed by atoms with van der Waals surface area (Å²) in [4.78, 5) is 11.4. The molecule has 0 aromatic heterocycles. The highest BCUT2D eigenvalue weighted by Crippen LogP contribution is 2.19. The molecule has 0 unspecified atom stereocenters. The zero-order valence-electron chi connectivity index (χ0n) is 8.13. The molecule has 3 nitrogen and oxygen atoms in total. The molecule has 1 aromatic carbocycles. The Balaban J connectivity index is 2.78. The summed E-state index contributed by atoms with van der Waals surface area (Å²) in [6.07, 6.45) is -0.652. The van der Waals surface area contributed by atoms with Gasteiger partial charge in [0.1, 0.15) is 5.82 Å². The molecule has 0 aliphatic carbocycles. The first-order valence-corrected chi connectivity index (χ1v) is 4.80. The van der Waals surface area contributed by atoms with Crippen LogP contribution in [0.1, 0.15) is 17.3 Å². The number of aliphatic hydroxyl groups is 1. The molecule has 0 spiro atoms. The normalized spacial score (nSPS) is 12.3. The lowest BCUT2D eigenvalue weighted by atomic mass is 10.2. The second kappa shape index (κ2) is 5.09. The molecule has 1 aromatic rings. The maximum absolute atomic E-state index is 13.0. The first-order chi connectivity index (χ1) is 7.02. The van der Waals surface area contributed by atoms with Crippen LogP contribution in [-0.4, -0.2) is 23.7 Å². The largest absolute Gasteiger partial charge is 0.392 e. The molecule has 0 aliphatic rings. The van der Waals surface area contributed by atoms with Crippen molar-refractivity contribution in [2.45, 2.75) is 13.0 Å². The lowest BCUT2D eigenvalue weighted by Crippen LogP contribution is -2.30. The quantitative estimate of drug-likeness (QED) is 0.830. The van der Waals surface area contributed by atoms with Gasteiger partial charge in [0.15, 0.2) is 0 Å². The Morgan fingerprint density at radius 2 is 2.33 bits per heavy atom. The number of halogens is 2. The second-order valence-electron chi connectivity index (χ2n) is 3.16. The predicted molar refractivity (Wildman–Crippen MR) is 55.4 cm³/mol. The van der Waals surface area contributed by atoms with Gasteiger partial charge in [-0.3, -0.25) is 4.79 Å². The Hall–Kier alpha value is -1.13. The van der Waals surface area contributed by atoms with Crippen LogP contribution in [0.3, 0.4) is 0 Å². The van der Waals surface area contributed by atoms with E-state index in [4.69, 9.17) is 16.7 Å². The van der Waals surface area contributed by atoms with E-state index in [1.165, 1.54) is 25.1 Å². The average molecular weight is 232 g/mol. The average Bonchev–Trinajstić information content (AvgIpc) is 2.18. The van der Waals surface area contributed by atoms with E-state index in [-0.39, 0.29) is 17.1 Å². The number of nitrogens with one attached hydrogen (secondary N) is 1. The molecule has 0 bridgehead atoms. The number of rotatable bonds is 3. The van der Waals surface area contributed by atoms with E-state index in [0.29, 0.717) is 0 Å². The summed E-state index contributed by atoms with van der Waals surface area (Å²) in [5.74, 6) is -1.14. The van der Waals surface area contributed by atoms with Gasteiger partial charge in [-0.05, 0) is 19.1 Å². The van der Waals surface area contributed by atoms with E-state index in [0.717, 1.165) is 0 Å². The Morgan fingerprint density at radius 1 is 1.67 bits per heavy atom. The van der Waals surface area contributed by atoms with Crippen molar-refractivity contribution >= 4 is 17.5 Å². The third kappa shape index (κ3) is 3.18. The van der Waals surface area contributed by atoms with Gasteiger partial charge < -0.3 is 10.4 Å². The maximum Gasteiger partial charge on any atom is 0.252 e. The van der Waals surface area contributed by atoms with Crippen molar-refractivity contribution in [2.75, 3.05) is 6.54 Å². The molecular formula is C10H11ClFNO2. The molecule has 0 heterocycles. The number of aliphatic hydroxyl groups excluding tert-OH is 1. The maximum atomic E-state index is 13.0. The van der Waals surface area contributed by atoms with E-state index in [1.54, 1.807) is 0 Å². The van der Waals surface area contributed by atoms with Gasteiger partial charge in [0.2, 0.25) is 0 Å². The van der Waals surface area contributed by atoms with Crippen LogP contribution >= 0.6 is 11.6 Å². The number of hydrogen-bond acceptors (Lipinski definition) is 2. The van der Waals surface area contributed by atoms with E-state index in [1.807, 2.05) is 0 Å². The molecule has 0 saturated carbocycles. The molecule has 2 N–H and O–H groups in total. The van der Waals surface area contributed by atoms with Crippen LogP contribution in [0.15, 0.2) is 18.2 Å². The summed E-state index contributed by atoms with van der Waals surface area (Å²) in [6.45, 7) is 1.64. The molecule has 1 amide bonds. The smallest absolute Gasteiger partial charge is 0.252 e. The number of amides is 1. The van der Waals surface area contributed by atoms with Crippen molar-refractivity contribution in [1.29, 1.82) is 0 Å².